The Morgan fingerprint density at radius 1 is 1.12 bits per heavy atom. The van der Waals surface area contributed by atoms with Gasteiger partial charge in [-0.15, -0.1) is 0 Å². The van der Waals surface area contributed by atoms with Crippen LogP contribution < -0.4 is 0 Å². The summed E-state index contributed by atoms with van der Waals surface area (Å²) in [6.07, 6.45) is 0. The molecular formula is C12H8ClNO2. The van der Waals surface area contributed by atoms with Crippen LogP contribution in [0.2, 0.25) is 0 Å². The summed E-state index contributed by atoms with van der Waals surface area (Å²) in [7, 11) is 0. The van der Waals surface area contributed by atoms with Crippen LogP contribution in [0.5, 0.6) is 0 Å². The Kier molecular flexibility index (Phi) is 2.88. The van der Waals surface area contributed by atoms with Crippen molar-refractivity contribution in [2.45, 2.75) is 0 Å². The summed E-state index contributed by atoms with van der Waals surface area (Å²) in [5.41, 5.74) is 0.431. The standard InChI is InChI=1S/C12H8ClNO2/c13-12(14-16)11(15)10-7-3-5-8-4-1-2-6-9(8)10/h1-7,16H. The highest BCUT2D eigenvalue weighted by molar-refractivity contribution is 6.85. The molecule has 0 heterocycles. The summed E-state index contributed by atoms with van der Waals surface area (Å²) in [4.78, 5) is 11.8. The third kappa shape index (κ3) is 1.77. The van der Waals surface area contributed by atoms with Crippen molar-refractivity contribution in [1.82, 2.24) is 0 Å². The van der Waals surface area contributed by atoms with E-state index in [9.17, 15) is 4.79 Å². The van der Waals surface area contributed by atoms with Gasteiger partial charge in [0.25, 0.3) is 0 Å². The molecule has 0 aliphatic carbocycles. The Morgan fingerprint density at radius 3 is 2.56 bits per heavy atom. The lowest BCUT2D eigenvalue weighted by molar-refractivity contribution is 0.106. The van der Waals surface area contributed by atoms with Gasteiger partial charge in [-0.1, -0.05) is 59.2 Å². The van der Waals surface area contributed by atoms with Crippen molar-refractivity contribution in [2.24, 2.45) is 5.16 Å². The van der Waals surface area contributed by atoms with Crippen LogP contribution >= 0.6 is 11.6 Å². The molecule has 0 bridgehead atoms. The minimum absolute atomic E-state index is 0.431. The Bertz CT molecular complexity index is 573. The summed E-state index contributed by atoms with van der Waals surface area (Å²) >= 11 is 5.50. The first kappa shape index (κ1) is 10.6. The maximum absolute atomic E-state index is 11.8. The number of oxime groups is 1. The number of fused-ring (bicyclic) bond motifs is 1. The zero-order valence-electron chi connectivity index (χ0n) is 8.22. The van der Waals surface area contributed by atoms with Crippen molar-refractivity contribution >= 4 is 33.3 Å². The molecule has 2 rings (SSSR count). The topological polar surface area (TPSA) is 49.7 Å². The van der Waals surface area contributed by atoms with Gasteiger partial charge in [-0.2, -0.15) is 0 Å². The summed E-state index contributed by atoms with van der Waals surface area (Å²) < 4.78 is 0. The van der Waals surface area contributed by atoms with E-state index in [4.69, 9.17) is 16.8 Å². The number of hydrogen-bond donors (Lipinski definition) is 1. The highest BCUT2D eigenvalue weighted by atomic mass is 35.5. The Balaban J connectivity index is 2.65. The summed E-state index contributed by atoms with van der Waals surface area (Å²) in [6, 6.07) is 12.8. The SMILES string of the molecule is O=C(C(Cl)=NO)c1cccc2ccccc12. The number of ketones is 1. The largest absolute Gasteiger partial charge is 0.410 e. The molecule has 0 saturated heterocycles. The molecule has 16 heavy (non-hydrogen) atoms. The molecule has 80 valence electrons. The molecule has 0 aromatic heterocycles. The van der Waals surface area contributed by atoms with Gasteiger partial charge in [-0.05, 0) is 10.8 Å². The number of benzene rings is 2. The van der Waals surface area contributed by atoms with Gasteiger partial charge >= 0.3 is 0 Å². The normalized spacial score (nSPS) is 11.7. The van der Waals surface area contributed by atoms with Crippen LogP contribution in [-0.2, 0) is 0 Å². The number of carbonyl (C=O) groups is 1. The first-order valence-electron chi connectivity index (χ1n) is 4.64. The molecule has 2 aromatic carbocycles. The molecular weight excluding hydrogens is 226 g/mol. The average molecular weight is 234 g/mol. The van der Waals surface area contributed by atoms with Crippen molar-refractivity contribution in [3.05, 3.63) is 48.0 Å². The molecule has 0 aliphatic heterocycles. The molecule has 0 atom stereocenters. The third-order valence-corrected chi connectivity index (χ3v) is 2.56. The molecule has 1 N–H and O–H groups in total. The van der Waals surface area contributed by atoms with Crippen LogP contribution in [0.25, 0.3) is 10.8 Å². The second-order valence-electron chi connectivity index (χ2n) is 3.25. The van der Waals surface area contributed by atoms with E-state index in [2.05, 4.69) is 5.16 Å². The highest BCUT2D eigenvalue weighted by Crippen LogP contribution is 2.19. The quantitative estimate of drug-likeness (QED) is 0.375. The fourth-order valence-electron chi connectivity index (χ4n) is 1.58. The smallest absolute Gasteiger partial charge is 0.227 e. The predicted octanol–water partition coefficient (Wildman–Crippen LogP) is 3.05. The van der Waals surface area contributed by atoms with Crippen molar-refractivity contribution in [3.8, 4) is 0 Å². The molecule has 0 aliphatic rings. The Labute approximate surface area is 97.0 Å². The van der Waals surface area contributed by atoms with Gasteiger partial charge in [-0.25, -0.2) is 0 Å². The molecule has 4 heteroatoms. The van der Waals surface area contributed by atoms with E-state index in [-0.39, 0.29) is 0 Å². The number of hydrogen-bond acceptors (Lipinski definition) is 3. The lowest BCUT2D eigenvalue weighted by Crippen LogP contribution is -2.08. The molecule has 0 fully saturated rings. The van der Waals surface area contributed by atoms with Gasteiger partial charge in [0.2, 0.25) is 11.0 Å². The average Bonchev–Trinajstić information content (AvgIpc) is 2.36. The second-order valence-corrected chi connectivity index (χ2v) is 3.60. The number of halogens is 1. The zero-order valence-corrected chi connectivity index (χ0v) is 8.98. The number of Topliss-reactive ketones (excluding diaryl/α,β-unsaturated/α-hetero) is 1. The van der Waals surface area contributed by atoms with Gasteiger partial charge in [0, 0.05) is 5.56 Å². The summed E-state index contributed by atoms with van der Waals surface area (Å²) in [6.45, 7) is 0. The molecule has 0 radical (unpaired) electrons. The van der Waals surface area contributed by atoms with Crippen molar-refractivity contribution in [2.75, 3.05) is 0 Å². The van der Waals surface area contributed by atoms with Crippen molar-refractivity contribution in [1.29, 1.82) is 0 Å². The number of carbonyl (C=O) groups excluding carboxylic acids is 1. The van der Waals surface area contributed by atoms with E-state index >= 15 is 0 Å². The highest BCUT2D eigenvalue weighted by Gasteiger charge is 2.14. The third-order valence-electron chi connectivity index (χ3n) is 2.31. The number of nitrogens with zero attached hydrogens (tertiary/aromatic N) is 1. The summed E-state index contributed by atoms with van der Waals surface area (Å²) in [5.74, 6) is -0.485. The van der Waals surface area contributed by atoms with E-state index in [0.717, 1.165) is 10.8 Å². The monoisotopic (exact) mass is 233 g/mol. The maximum Gasteiger partial charge on any atom is 0.227 e. The minimum atomic E-state index is -0.485. The number of rotatable bonds is 2. The second kappa shape index (κ2) is 4.33. The fourth-order valence-corrected chi connectivity index (χ4v) is 1.68. The first-order chi connectivity index (χ1) is 7.74. The lowest BCUT2D eigenvalue weighted by Gasteiger charge is -2.03. The minimum Gasteiger partial charge on any atom is -0.410 e. The van der Waals surface area contributed by atoms with E-state index in [1.54, 1.807) is 12.1 Å². The van der Waals surface area contributed by atoms with Gasteiger partial charge in [0.15, 0.2) is 0 Å². The van der Waals surface area contributed by atoms with E-state index in [1.165, 1.54) is 0 Å². The fraction of sp³-hybridized carbons (Fsp3) is 0. The van der Waals surface area contributed by atoms with E-state index in [1.807, 2.05) is 30.3 Å². The Hall–Kier alpha value is -1.87. The summed E-state index contributed by atoms with van der Waals surface area (Å²) in [5, 5.41) is 12.5. The molecule has 0 saturated carbocycles. The Morgan fingerprint density at radius 2 is 1.81 bits per heavy atom. The van der Waals surface area contributed by atoms with Crippen LogP contribution in [0.15, 0.2) is 47.6 Å². The van der Waals surface area contributed by atoms with Crippen LogP contribution in [0.3, 0.4) is 0 Å². The maximum atomic E-state index is 11.8. The van der Waals surface area contributed by atoms with Crippen LogP contribution in [0, 0.1) is 0 Å². The first-order valence-corrected chi connectivity index (χ1v) is 5.02. The molecule has 0 spiro atoms. The van der Waals surface area contributed by atoms with Gasteiger partial charge in [-0.3, -0.25) is 4.79 Å². The van der Waals surface area contributed by atoms with Crippen LogP contribution in [0.4, 0.5) is 0 Å². The van der Waals surface area contributed by atoms with E-state index in [0.29, 0.717) is 5.56 Å². The van der Waals surface area contributed by atoms with Gasteiger partial charge in [0.05, 0.1) is 0 Å². The molecule has 0 amide bonds. The van der Waals surface area contributed by atoms with Gasteiger partial charge < -0.3 is 5.21 Å². The van der Waals surface area contributed by atoms with Crippen molar-refractivity contribution in [3.63, 3.8) is 0 Å². The van der Waals surface area contributed by atoms with Crippen LogP contribution in [0.1, 0.15) is 10.4 Å². The van der Waals surface area contributed by atoms with Gasteiger partial charge in [0.1, 0.15) is 0 Å². The molecule has 0 unspecified atom stereocenters. The predicted molar refractivity (Wildman–Crippen MR) is 63.4 cm³/mol. The van der Waals surface area contributed by atoms with E-state index < -0.39 is 11.0 Å². The molecule has 3 nitrogen and oxygen atoms in total. The molecule has 2 aromatic rings. The zero-order chi connectivity index (χ0) is 11.5. The van der Waals surface area contributed by atoms with Crippen LogP contribution in [-0.4, -0.2) is 16.2 Å². The lowest BCUT2D eigenvalue weighted by atomic mass is 10.0. The van der Waals surface area contributed by atoms with Crippen molar-refractivity contribution < 1.29 is 10.0 Å².